The summed E-state index contributed by atoms with van der Waals surface area (Å²) in [6.45, 7) is 5.08. The molecule has 0 saturated carbocycles. The fraction of sp³-hybridized carbons (Fsp3) is 0.353. The summed E-state index contributed by atoms with van der Waals surface area (Å²) in [5, 5.41) is 3.32. The predicted molar refractivity (Wildman–Crippen MR) is 83.7 cm³/mol. The highest BCUT2D eigenvalue weighted by molar-refractivity contribution is 5.31. The van der Waals surface area contributed by atoms with Crippen LogP contribution in [0.4, 0.5) is 0 Å². The number of rotatable bonds is 9. The molecule has 0 bridgehead atoms. The third-order valence-corrected chi connectivity index (χ3v) is 2.90. The number of nitrogens with zero attached hydrogens (tertiary/aromatic N) is 1. The summed E-state index contributed by atoms with van der Waals surface area (Å²) >= 11 is 0. The summed E-state index contributed by atoms with van der Waals surface area (Å²) < 4.78 is 11.2. The van der Waals surface area contributed by atoms with Crippen molar-refractivity contribution in [3.05, 3.63) is 54.4 Å². The van der Waals surface area contributed by atoms with Crippen LogP contribution < -0.4 is 14.8 Å². The van der Waals surface area contributed by atoms with Gasteiger partial charge in [0.1, 0.15) is 18.1 Å². The summed E-state index contributed by atoms with van der Waals surface area (Å²) in [5.74, 6) is 1.75. The van der Waals surface area contributed by atoms with Crippen molar-refractivity contribution >= 4 is 0 Å². The molecule has 0 aliphatic rings. The maximum absolute atomic E-state index is 5.67. The predicted octanol–water partition coefficient (Wildman–Crippen LogP) is 3.04. The third-order valence-electron chi connectivity index (χ3n) is 2.90. The molecular weight excluding hydrogens is 264 g/mol. The van der Waals surface area contributed by atoms with Gasteiger partial charge in [0, 0.05) is 25.5 Å². The topological polar surface area (TPSA) is 43.4 Å². The number of hydrogen-bond acceptors (Lipinski definition) is 4. The van der Waals surface area contributed by atoms with E-state index in [0.29, 0.717) is 6.61 Å². The Balaban J connectivity index is 1.62. The van der Waals surface area contributed by atoms with E-state index >= 15 is 0 Å². The summed E-state index contributed by atoms with van der Waals surface area (Å²) in [5.41, 5.74) is 1.18. The average molecular weight is 286 g/mol. The minimum atomic E-state index is 0.634. The van der Waals surface area contributed by atoms with E-state index in [4.69, 9.17) is 9.47 Å². The zero-order chi connectivity index (χ0) is 14.8. The van der Waals surface area contributed by atoms with E-state index < -0.39 is 0 Å². The van der Waals surface area contributed by atoms with Crippen molar-refractivity contribution < 1.29 is 9.47 Å². The first-order valence-corrected chi connectivity index (χ1v) is 7.34. The van der Waals surface area contributed by atoms with E-state index in [2.05, 4.69) is 23.3 Å². The highest BCUT2D eigenvalue weighted by Crippen LogP contribution is 2.17. The number of hydrogen-bond donors (Lipinski definition) is 1. The summed E-state index contributed by atoms with van der Waals surface area (Å²) in [4.78, 5) is 4.08. The lowest BCUT2D eigenvalue weighted by molar-refractivity contribution is 0.307. The van der Waals surface area contributed by atoms with Crippen LogP contribution in [0.5, 0.6) is 11.5 Å². The van der Waals surface area contributed by atoms with Gasteiger partial charge in [0.25, 0.3) is 0 Å². The van der Waals surface area contributed by atoms with Crippen molar-refractivity contribution in [2.45, 2.75) is 19.9 Å². The molecular formula is C17H22N2O2. The molecule has 0 fully saturated rings. The van der Waals surface area contributed by atoms with Crippen molar-refractivity contribution in [3.8, 4) is 11.5 Å². The van der Waals surface area contributed by atoms with Gasteiger partial charge in [0.05, 0.1) is 6.61 Å². The Hall–Kier alpha value is -2.07. The van der Waals surface area contributed by atoms with Gasteiger partial charge in [0.15, 0.2) is 0 Å². The molecule has 0 aliphatic carbocycles. The molecule has 4 heteroatoms. The van der Waals surface area contributed by atoms with Gasteiger partial charge in [0.2, 0.25) is 0 Å². The fourth-order valence-electron chi connectivity index (χ4n) is 1.83. The quantitative estimate of drug-likeness (QED) is 0.720. The smallest absolute Gasteiger partial charge is 0.119 e. The maximum Gasteiger partial charge on any atom is 0.119 e. The van der Waals surface area contributed by atoms with Crippen molar-refractivity contribution in [1.29, 1.82) is 0 Å². The second-order valence-electron chi connectivity index (χ2n) is 4.71. The number of aromatic nitrogens is 1. The molecule has 0 saturated heterocycles. The molecule has 0 atom stereocenters. The number of nitrogens with one attached hydrogen (secondary N) is 1. The largest absolute Gasteiger partial charge is 0.494 e. The molecule has 2 rings (SSSR count). The average Bonchev–Trinajstić information content (AvgIpc) is 2.55. The maximum atomic E-state index is 5.67. The second-order valence-corrected chi connectivity index (χ2v) is 4.71. The van der Waals surface area contributed by atoms with E-state index in [0.717, 1.165) is 37.6 Å². The Morgan fingerprint density at radius 3 is 2.33 bits per heavy atom. The van der Waals surface area contributed by atoms with Crippen LogP contribution in [0.15, 0.2) is 48.8 Å². The highest BCUT2D eigenvalue weighted by Gasteiger charge is 1.96. The van der Waals surface area contributed by atoms with Gasteiger partial charge in [-0.2, -0.15) is 0 Å². The van der Waals surface area contributed by atoms with Gasteiger partial charge < -0.3 is 14.8 Å². The van der Waals surface area contributed by atoms with Crippen molar-refractivity contribution in [2.24, 2.45) is 0 Å². The Kier molecular flexibility index (Phi) is 6.55. The number of pyridine rings is 1. The molecule has 0 aliphatic heterocycles. The standard InChI is InChI=1S/C17H22N2O2/c1-2-11-20-16-5-7-17(8-6-16)21-12-10-19-14-15-4-3-9-18-13-15/h3-9,13,19H,2,10-12,14H2,1H3. The van der Waals surface area contributed by atoms with Crippen LogP contribution in [-0.2, 0) is 6.54 Å². The van der Waals surface area contributed by atoms with Crippen LogP contribution in [0.1, 0.15) is 18.9 Å². The lowest BCUT2D eigenvalue weighted by atomic mass is 10.3. The summed E-state index contributed by atoms with van der Waals surface area (Å²) in [6.07, 6.45) is 4.66. The van der Waals surface area contributed by atoms with Crippen molar-refractivity contribution in [3.63, 3.8) is 0 Å². The zero-order valence-electron chi connectivity index (χ0n) is 12.4. The van der Waals surface area contributed by atoms with Gasteiger partial charge in [-0.3, -0.25) is 4.98 Å². The van der Waals surface area contributed by atoms with Crippen LogP contribution in [-0.4, -0.2) is 24.7 Å². The minimum absolute atomic E-state index is 0.634. The van der Waals surface area contributed by atoms with Gasteiger partial charge in [-0.05, 0) is 42.3 Å². The molecule has 1 heterocycles. The van der Waals surface area contributed by atoms with Crippen LogP contribution in [0.2, 0.25) is 0 Å². The Morgan fingerprint density at radius 1 is 1.00 bits per heavy atom. The molecule has 0 radical (unpaired) electrons. The van der Waals surface area contributed by atoms with E-state index in [-0.39, 0.29) is 0 Å². The Morgan fingerprint density at radius 2 is 1.71 bits per heavy atom. The molecule has 0 amide bonds. The lowest BCUT2D eigenvalue weighted by Gasteiger charge is -2.09. The minimum Gasteiger partial charge on any atom is -0.494 e. The van der Waals surface area contributed by atoms with Gasteiger partial charge in [-0.1, -0.05) is 13.0 Å². The zero-order valence-corrected chi connectivity index (χ0v) is 12.4. The molecule has 112 valence electrons. The molecule has 1 aromatic heterocycles. The van der Waals surface area contributed by atoms with E-state index in [1.165, 1.54) is 5.56 Å². The normalized spacial score (nSPS) is 10.3. The summed E-state index contributed by atoms with van der Waals surface area (Å²) in [6, 6.07) is 11.7. The van der Waals surface area contributed by atoms with Crippen LogP contribution in [0, 0.1) is 0 Å². The molecule has 21 heavy (non-hydrogen) atoms. The van der Waals surface area contributed by atoms with Crippen LogP contribution >= 0.6 is 0 Å². The molecule has 0 spiro atoms. The van der Waals surface area contributed by atoms with Crippen LogP contribution in [0.3, 0.4) is 0 Å². The third kappa shape index (κ3) is 5.83. The molecule has 2 aromatic rings. The van der Waals surface area contributed by atoms with Crippen molar-refractivity contribution in [1.82, 2.24) is 10.3 Å². The number of ether oxygens (including phenoxy) is 2. The van der Waals surface area contributed by atoms with Crippen molar-refractivity contribution in [2.75, 3.05) is 19.8 Å². The molecule has 1 aromatic carbocycles. The SMILES string of the molecule is CCCOc1ccc(OCCNCc2cccnc2)cc1. The highest BCUT2D eigenvalue weighted by atomic mass is 16.5. The number of benzene rings is 1. The van der Waals surface area contributed by atoms with E-state index in [9.17, 15) is 0 Å². The van der Waals surface area contributed by atoms with E-state index in [1.807, 2.05) is 36.5 Å². The molecule has 0 unspecified atom stereocenters. The first-order valence-electron chi connectivity index (χ1n) is 7.34. The monoisotopic (exact) mass is 286 g/mol. The first-order chi connectivity index (χ1) is 10.4. The molecule has 1 N–H and O–H groups in total. The van der Waals surface area contributed by atoms with E-state index in [1.54, 1.807) is 6.20 Å². The van der Waals surface area contributed by atoms with Gasteiger partial charge in [-0.15, -0.1) is 0 Å². The first kappa shape index (κ1) is 15.3. The Bertz CT molecular complexity index is 500. The molecule has 4 nitrogen and oxygen atoms in total. The summed E-state index contributed by atoms with van der Waals surface area (Å²) in [7, 11) is 0. The lowest BCUT2D eigenvalue weighted by Crippen LogP contribution is -2.20. The van der Waals surface area contributed by atoms with Crippen LogP contribution in [0.25, 0.3) is 0 Å². The second kappa shape index (κ2) is 8.97. The van der Waals surface area contributed by atoms with Gasteiger partial charge >= 0.3 is 0 Å². The Labute approximate surface area is 126 Å². The van der Waals surface area contributed by atoms with Gasteiger partial charge in [-0.25, -0.2) is 0 Å². The fourth-order valence-corrected chi connectivity index (χ4v) is 1.83.